The first-order chi connectivity index (χ1) is 17.8. The van der Waals surface area contributed by atoms with Gasteiger partial charge < -0.3 is 20.9 Å². The standard InChI is InChI=1S/C25H28N8O3S/c1-16-3-4-17(15-37(35)36)11-19(16)21-13-28-24-23(26)29-20(14-33(21)24)25(34)30-22-6-5-18(12-27-22)32-9-7-31(2)8-10-32/h3-6,11-14,37H,7-10,15H2,1-2H3,(H2,26,29)(H,27,30,34). The van der Waals surface area contributed by atoms with Crippen molar-refractivity contribution in [1.82, 2.24) is 24.3 Å². The highest BCUT2D eigenvalue weighted by molar-refractivity contribution is 7.71. The van der Waals surface area contributed by atoms with Crippen LogP contribution >= 0.6 is 0 Å². The van der Waals surface area contributed by atoms with Crippen LogP contribution in [-0.4, -0.2) is 71.8 Å². The molecule has 1 aromatic carbocycles. The van der Waals surface area contributed by atoms with Crippen molar-refractivity contribution >= 4 is 39.6 Å². The van der Waals surface area contributed by atoms with E-state index in [0.29, 0.717) is 22.7 Å². The van der Waals surface area contributed by atoms with Crippen molar-refractivity contribution in [2.75, 3.05) is 49.2 Å². The number of hydrogen-bond acceptors (Lipinski definition) is 9. The third kappa shape index (κ3) is 5.25. The number of aryl methyl sites for hydroxylation is 1. The number of likely N-dealkylation sites (N-methyl/N-ethyl adjacent to an activating group) is 1. The van der Waals surface area contributed by atoms with Crippen molar-refractivity contribution < 1.29 is 13.2 Å². The Hall–Kier alpha value is -4.03. The summed E-state index contributed by atoms with van der Waals surface area (Å²) in [6, 6.07) is 9.17. The molecular formula is C25H28N8O3S. The summed E-state index contributed by atoms with van der Waals surface area (Å²) in [5, 5.41) is 2.78. The zero-order valence-corrected chi connectivity index (χ0v) is 21.5. The predicted octanol–water partition coefficient (Wildman–Crippen LogP) is 1.80. The van der Waals surface area contributed by atoms with E-state index in [-0.39, 0.29) is 17.3 Å². The van der Waals surface area contributed by atoms with Gasteiger partial charge in [-0.1, -0.05) is 12.1 Å². The fourth-order valence-corrected chi connectivity index (χ4v) is 4.90. The highest BCUT2D eigenvalue weighted by Crippen LogP contribution is 2.28. The number of imidazole rings is 1. The van der Waals surface area contributed by atoms with Crippen LogP contribution in [0.3, 0.4) is 0 Å². The Labute approximate surface area is 215 Å². The Balaban J connectivity index is 1.41. The average Bonchev–Trinajstić information content (AvgIpc) is 3.30. The summed E-state index contributed by atoms with van der Waals surface area (Å²) in [4.78, 5) is 30.6. The Morgan fingerprint density at radius 1 is 1.08 bits per heavy atom. The monoisotopic (exact) mass is 520 g/mol. The number of nitrogens with two attached hydrogens (primary N) is 1. The molecule has 0 spiro atoms. The van der Waals surface area contributed by atoms with E-state index in [4.69, 9.17) is 5.73 Å². The molecule has 192 valence electrons. The van der Waals surface area contributed by atoms with Gasteiger partial charge in [0.2, 0.25) is 0 Å². The van der Waals surface area contributed by atoms with Gasteiger partial charge in [0, 0.05) is 37.9 Å². The highest BCUT2D eigenvalue weighted by Gasteiger charge is 2.18. The van der Waals surface area contributed by atoms with Crippen LogP contribution in [0.25, 0.3) is 16.9 Å². The number of nitrogens with one attached hydrogen (secondary N) is 1. The normalized spacial score (nSPS) is 14.4. The highest BCUT2D eigenvalue weighted by atomic mass is 32.2. The Bertz CT molecular complexity index is 1530. The molecule has 0 saturated carbocycles. The SMILES string of the molecule is Cc1ccc(C[SH](=O)=O)cc1-c1cnc2c(N)nc(C(=O)Nc3ccc(N4CCN(C)CC4)cn3)cn12. The molecule has 37 heavy (non-hydrogen) atoms. The molecule has 3 aromatic heterocycles. The minimum atomic E-state index is -2.56. The van der Waals surface area contributed by atoms with Crippen LogP contribution in [0.4, 0.5) is 17.3 Å². The van der Waals surface area contributed by atoms with Gasteiger partial charge in [-0.2, -0.15) is 0 Å². The maximum absolute atomic E-state index is 13.1. The molecule has 1 amide bonds. The van der Waals surface area contributed by atoms with Gasteiger partial charge in [-0.05, 0) is 43.3 Å². The minimum absolute atomic E-state index is 0.0582. The molecule has 1 aliphatic heterocycles. The summed E-state index contributed by atoms with van der Waals surface area (Å²) in [6.07, 6.45) is 4.96. The number of aromatic nitrogens is 4. The number of piperazine rings is 1. The van der Waals surface area contributed by atoms with Crippen LogP contribution < -0.4 is 16.0 Å². The number of thiol groups is 1. The summed E-state index contributed by atoms with van der Waals surface area (Å²) in [5.41, 5.74) is 10.7. The van der Waals surface area contributed by atoms with Gasteiger partial charge in [-0.15, -0.1) is 0 Å². The van der Waals surface area contributed by atoms with E-state index in [1.54, 1.807) is 35.1 Å². The number of carbonyl (C=O) groups excluding carboxylic acids is 1. The number of nitrogens with zero attached hydrogens (tertiary/aromatic N) is 6. The van der Waals surface area contributed by atoms with Crippen LogP contribution in [0.2, 0.25) is 0 Å². The molecule has 3 N–H and O–H groups in total. The number of fused-ring (bicyclic) bond motifs is 1. The first-order valence-electron chi connectivity index (χ1n) is 11.8. The second kappa shape index (κ2) is 10.1. The number of amides is 1. The second-order valence-electron chi connectivity index (χ2n) is 9.13. The molecule has 1 saturated heterocycles. The van der Waals surface area contributed by atoms with Crippen LogP contribution in [0.1, 0.15) is 21.6 Å². The molecule has 12 heteroatoms. The van der Waals surface area contributed by atoms with Gasteiger partial charge >= 0.3 is 0 Å². The van der Waals surface area contributed by atoms with E-state index < -0.39 is 16.6 Å². The van der Waals surface area contributed by atoms with E-state index in [0.717, 1.165) is 43.0 Å². The topological polar surface area (TPSA) is 139 Å². The first-order valence-corrected chi connectivity index (χ1v) is 13.2. The second-order valence-corrected chi connectivity index (χ2v) is 10.1. The molecule has 1 fully saturated rings. The van der Waals surface area contributed by atoms with Crippen molar-refractivity contribution in [3.05, 3.63) is 65.7 Å². The molecule has 0 atom stereocenters. The number of hydrogen-bond donors (Lipinski definition) is 3. The quantitative estimate of drug-likeness (QED) is 0.325. The van der Waals surface area contributed by atoms with Crippen LogP contribution in [0, 0.1) is 6.92 Å². The predicted molar refractivity (Wildman–Crippen MR) is 143 cm³/mol. The van der Waals surface area contributed by atoms with Gasteiger partial charge in [-0.25, -0.2) is 23.4 Å². The Morgan fingerprint density at radius 3 is 2.57 bits per heavy atom. The largest absolute Gasteiger partial charge is 0.381 e. The van der Waals surface area contributed by atoms with E-state index in [1.807, 2.05) is 25.1 Å². The van der Waals surface area contributed by atoms with Gasteiger partial charge in [-0.3, -0.25) is 9.20 Å². The van der Waals surface area contributed by atoms with E-state index in [1.165, 1.54) is 0 Å². The number of nitrogen functional groups attached to an aromatic ring is 1. The minimum Gasteiger partial charge on any atom is -0.381 e. The van der Waals surface area contributed by atoms with Gasteiger partial charge in [0.25, 0.3) is 5.91 Å². The molecule has 4 aromatic rings. The van der Waals surface area contributed by atoms with Gasteiger partial charge in [0.1, 0.15) is 22.2 Å². The van der Waals surface area contributed by atoms with E-state index >= 15 is 0 Å². The summed E-state index contributed by atoms with van der Waals surface area (Å²) in [7, 11) is -0.451. The van der Waals surface area contributed by atoms with Crippen molar-refractivity contribution in [1.29, 1.82) is 0 Å². The van der Waals surface area contributed by atoms with Crippen molar-refractivity contribution in [3.8, 4) is 11.3 Å². The molecule has 11 nitrogen and oxygen atoms in total. The number of anilines is 3. The lowest BCUT2D eigenvalue weighted by molar-refractivity contribution is 0.102. The maximum Gasteiger partial charge on any atom is 0.277 e. The van der Waals surface area contributed by atoms with Gasteiger partial charge in [0.05, 0.1) is 29.5 Å². The Morgan fingerprint density at radius 2 is 1.86 bits per heavy atom. The fourth-order valence-electron chi connectivity index (χ4n) is 4.41. The molecule has 0 bridgehead atoms. The number of rotatable bonds is 6. The molecule has 0 aliphatic carbocycles. The smallest absolute Gasteiger partial charge is 0.277 e. The summed E-state index contributed by atoms with van der Waals surface area (Å²) in [5.74, 6) is -0.00258. The van der Waals surface area contributed by atoms with E-state index in [2.05, 4.69) is 37.1 Å². The first kappa shape index (κ1) is 24.7. The lowest BCUT2D eigenvalue weighted by atomic mass is 10.0. The molecule has 0 radical (unpaired) electrons. The van der Waals surface area contributed by atoms with Crippen LogP contribution in [0.15, 0.2) is 48.9 Å². The van der Waals surface area contributed by atoms with Crippen LogP contribution in [0.5, 0.6) is 0 Å². The molecule has 5 rings (SSSR count). The number of carbonyl (C=O) groups is 1. The van der Waals surface area contributed by atoms with Gasteiger partial charge in [0.15, 0.2) is 11.5 Å². The number of pyridine rings is 1. The van der Waals surface area contributed by atoms with Crippen molar-refractivity contribution in [3.63, 3.8) is 0 Å². The number of benzene rings is 1. The third-order valence-electron chi connectivity index (χ3n) is 6.50. The Kier molecular flexibility index (Phi) is 6.76. The summed E-state index contributed by atoms with van der Waals surface area (Å²) >= 11 is 0. The van der Waals surface area contributed by atoms with Crippen LogP contribution in [-0.2, 0) is 16.5 Å². The average molecular weight is 521 g/mol. The lowest BCUT2D eigenvalue weighted by Gasteiger charge is -2.33. The molecule has 4 heterocycles. The van der Waals surface area contributed by atoms with E-state index in [9.17, 15) is 13.2 Å². The molecular weight excluding hydrogens is 492 g/mol. The molecule has 0 unspecified atom stereocenters. The third-order valence-corrected chi connectivity index (χ3v) is 7.12. The summed E-state index contributed by atoms with van der Waals surface area (Å²) < 4.78 is 24.2. The van der Waals surface area contributed by atoms with Crippen molar-refractivity contribution in [2.45, 2.75) is 12.7 Å². The fraction of sp³-hybridized carbons (Fsp3) is 0.280. The lowest BCUT2D eigenvalue weighted by Crippen LogP contribution is -2.44. The zero-order valence-electron chi connectivity index (χ0n) is 20.6. The molecule has 1 aliphatic rings. The van der Waals surface area contributed by atoms with Crippen molar-refractivity contribution in [2.24, 2.45) is 0 Å². The summed E-state index contributed by atoms with van der Waals surface area (Å²) in [6.45, 7) is 5.76. The maximum atomic E-state index is 13.1. The zero-order chi connectivity index (χ0) is 26.1.